The minimum atomic E-state index is 0.587. The Morgan fingerprint density at radius 2 is 0.346 bits per heavy atom. The van der Waals surface area contributed by atoms with Gasteiger partial charge in [-0.3, -0.25) is 0 Å². The highest BCUT2D eigenvalue weighted by molar-refractivity contribution is 6.29. The van der Waals surface area contributed by atoms with Crippen LogP contribution < -0.4 is 0 Å². The third-order valence-electron chi connectivity index (χ3n) is 27.6. The number of aromatic nitrogens is 4. The molecule has 0 atom stereocenters. The molecule has 0 amide bonds. The van der Waals surface area contributed by atoms with Gasteiger partial charge in [0.1, 0.15) is 45.6 Å². The zero-order chi connectivity index (χ0) is 91.1. The topological polar surface area (TPSA) is 51.6 Å². The number of nitrogens with zero attached hydrogens (tertiary/aromatic N) is 4. The molecule has 4 bridgehead atoms. The molecule has 0 fully saturated rings. The number of pyridine rings is 4. The molecular formula is C132H92N4. The van der Waals surface area contributed by atoms with Crippen molar-refractivity contribution in [3.05, 3.63) is 426 Å². The van der Waals surface area contributed by atoms with E-state index in [4.69, 9.17) is 19.9 Å². The Labute approximate surface area is 794 Å². The average molecular weight is 1730 g/mol. The van der Waals surface area contributed by atoms with Crippen molar-refractivity contribution in [2.75, 3.05) is 0 Å². The number of rotatable bonds is 12. The van der Waals surface area contributed by atoms with Crippen molar-refractivity contribution >= 4 is 129 Å². The summed E-state index contributed by atoms with van der Waals surface area (Å²) in [5, 5.41) is 30.0. The third-order valence-corrected chi connectivity index (χ3v) is 27.6. The van der Waals surface area contributed by atoms with Crippen LogP contribution in [-0.2, 0) is 51.4 Å². The van der Waals surface area contributed by atoms with Gasteiger partial charge in [-0.15, -0.1) is 0 Å². The summed E-state index contributed by atoms with van der Waals surface area (Å²) in [5.74, 6) is 57.4. The summed E-state index contributed by atoms with van der Waals surface area (Å²) in [7, 11) is 0. The summed E-state index contributed by atoms with van der Waals surface area (Å²) in [6, 6.07) is 105. The van der Waals surface area contributed by atoms with Crippen molar-refractivity contribution in [1.82, 2.24) is 19.9 Å². The first kappa shape index (κ1) is 83.5. The summed E-state index contributed by atoms with van der Waals surface area (Å²) in [5.41, 5.74) is 22.3. The van der Waals surface area contributed by atoms with Crippen LogP contribution in [0.2, 0.25) is 0 Å². The number of benzene rings is 18. The van der Waals surface area contributed by atoms with E-state index < -0.39 is 0 Å². The van der Waals surface area contributed by atoms with E-state index in [1.54, 1.807) is 0 Å². The van der Waals surface area contributed by atoms with Gasteiger partial charge in [-0.2, -0.15) is 0 Å². The molecular weight excluding hydrogens is 1640 g/mol. The zero-order valence-corrected chi connectivity index (χ0v) is 76.8. The molecule has 0 aliphatic heterocycles. The molecule has 136 heavy (non-hydrogen) atoms. The monoisotopic (exact) mass is 1730 g/mol. The van der Waals surface area contributed by atoms with Crippen molar-refractivity contribution < 1.29 is 0 Å². The number of unbranched alkanes of at least 4 members (excludes halogenated alkanes) is 4. The first-order valence-electron chi connectivity index (χ1n) is 48.3. The van der Waals surface area contributed by atoms with E-state index in [0.717, 1.165) is 165 Å². The van der Waals surface area contributed by atoms with E-state index in [1.165, 1.54) is 130 Å². The van der Waals surface area contributed by atoms with Crippen LogP contribution in [-0.4, -0.2) is 19.9 Å². The molecule has 22 aromatic rings. The maximum absolute atomic E-state index is 5.15. The second kappa shape index (κ2) is 36.4. The largest absolute Gasteiger partial charge is 0.231 e. The maximum Gasteiger partial charge on any atom is 0.115 e. The first-order valence-corrected chi connectivity index (χ1v) is 48.3. The molecule has 4 aliphatic carbocycles. The predicted octanol–water partition coefficient (Wildman–Crippen LogP) is 29.3. The van der Waals surface area contributed by atoms with Gasteiger partial charge < -0.3 is 0 Å². The molecule has 0 unspecified atom stereocenters. The molecule has 4 aromatic heterocycles. The molecule has 4 nitrogen and oxygen atoms in total. The van der Waals surface area contributed by atoms with Crippen LogP contribution in [0.5, 0.6) is 0 Å². The standard InChI is InChI=1S/C132H92N4/c1-5-9-25-93-77-101-29-17-49-121-97(81-105-33-13-45-117(93)125(105)129(101)121)61-69-113-41-21-37-109(133-113)65-57-89-73-86-55-56-88-76-91(59-67-111-39-23-43-115(135-111)71-63-99-83-107-35-15-47-119-95(27-11-7-3)79-103-31-19-51-123(99)131(103)127(107)119)87(75-92(88)60-68-112-40-24-44-116(136-112)72-64-100-84-108-36-16-48-120-96(28-12-8-4)80-104-32-20-52-124(100)132(104)128(108)120)54-53-85(89)74-90(86)58-66-110-38-22-42-114(134-110)70-62-98-82-106-34-14-46-118-94(26-10-6-2)78-102-30-18-50-122(98)130(102)126(106)118/h13-24,29-52,73-84H,5-12,25-28,53-56H2,1-4H3. The van der Waals surface area contributed by atoms with E-state index in [1.807, 2.05) is 72.8 Å². The van der Waals surface area contributed by atoms with E-state index >= 15 is 0 Å². The molecule has 4 heterocycles. The summed E-state index contributed by atoms with van der Waals surface area (Å²) in [4.78, 5) is 20.6. The Bertz CT molecular complexity index is 8170. The Morgan fingerprint density at radius 1 is 0.176 bits per heavy atom. The fourth-order valence-electron chi connectivity index (χ4n) is 21.0. The van der Waals surface area contributed by atoms with Gasteiger partial charge in [-0.1, -0.05) is 295 Å². The van der Waals surface area contributed by atoms with Crippen molar-refractivity contribution in [2.24, 2.45) is 0 Å². The van der Waals surface area contributed by atoms with E-state index in [0.29, 0.717) is 71.2 Å². The lowest BCUT2D eigenvalue weighted by Gasteiger charge is -2.17. The summed E-state index contributed by atoms with van der Waals surface area (Å²) < 4.78 is 0. The molecule has 0 N–H and O–H groups in total. The van der Waals surface area contributed by atoms with Crippen LogP contribution in [0.3, 0.4) is 0 Å². The van der Waals surface area contributed by atoms with Crippen molar-refractivity contribution in [3.63, 3.8) is 0 Å². The second-order valence-electron chi connectivity index (χ2n) is 36.4. The van der Waals surface area contributed by atoms with Crippen LogP contribution in [0.1, 0.15) is 214 Å². The quantitative estimate of drug-likeness (QED) is 0.0903. The number of hydrogen-bond acceptors (Lipinski definition) is 4. The Morgan fingerprint density at radius 3 is 0.544 bits per heavy atom. The fraction of sp³-hybridized carbons (Fsp3) is 0.152. The second-order valence-corrected chi connectivity index (χ2v) is 36.4. The summed E-state index contributed by atoms with van der Waals surface area (Å²) in [6.45, 7) is 9.06. The minimum Gasteiger partial charge on any atom is -0.231 e. The van der Waals surface area contributed by atoms with Crippen molar-refractivity contribution in [2.45, 2.75) is 130 Å². The first-order chi connectivity index (χ1) is 67.2. The van der Waals surface area contributed by atoms with Crippen molar-refractivity contribution in [1.29, 1.82) is 0 Å². The molecule has 0 saturated heterocycles. The number of aryl methyl sites for hydroxylation is 8. The normalized spacial score (nSPS) is 11.7. The van der Waals surface area contributed by atoms with Crippen molar-refractivity contribution in [3.8, 4) is 94.7 Å². The Balaban J connectivity index is 0.621. The number of hydrogen-bond donors (Lipinski definition) is 0. The molecule has 18 aromatic carbocycles. The van der Waals surface area contributed by atoms with Gasteiger partial charge >= 0.3 is 0 Å². The van der Waals surface area contributed by atoms with Gasteiger partial charge in [0.05, 0.1) is 0 Å². The molecule has 4 heteroatoms. The molecule has 0 spiro atoms. The minimum absolute atomic E-state index is 0.587. The van der Waals surface area contributed by atoms with Crippen LogP contribution >= 0.6 is 0 Å². The lowest BCUT2D eigenvalue weighted by molar-refractivity contribution is 0.799. The van der Waals surface area contributed by atoms with Gasteiger partial charge in [0, 0.05) is 44.5 Å². The van der Waals surface area contributed by atoms with E-state index in [2.05, 4.69) is 341 Å². The zero-order valence-electron chi connectivity index (χ0n) is 76.8. The molecule has 0 radical (unpaired) electrons. The van der Waals surface area contributed by atoms with Gasteiger partial charge in [-0.25, -0.2) is 19.9 Å². The lowest BCUT2D eigenvalue weighted by Crippen LogP contribution is -2.07. The third kappa shape index (κ3) is 16.1. The Hall–Kier alpha value is -16.8. The SMILES string of the molecule is CCCCc1cc2cccc3c(C#Cc4cccc(C#Cc5cc6c(C#Cc7cccc(C#Cc8cc9cccc%10c(CCCC)cc%11cccc8c%11c9%10)n7)cc5CCc5cc(C#Cc7cccc(C#Cc8cc9cccc%10c(CCCC)cc%11cccc8c%11c9%10)n7)c(cc5C#Cc5cccc(C#Cc7cc8cccc9c(CCCC)cc%10cccc7c%10c89)n5)CC6)n4)cc4cccc1c4c23. The van der Waals surface area contributed by atoms with E-state index in [-0.39, 0.29) is 0 Å². The highest BCUT2D eigenvalue weighted by atomic mass is 14.7. The van der Waals surface area contributed by atoms with Crippen LogP contribution in [0.4, 0.5) is 0 Å². The average Bonchev–Trinajstić information content (AvgIpc) is 0.741. The van der Waals surface area contributed by atoms with Crippen LogP contribution in [0, 0.1) is 94.7 Å². The molecule has 4 aliphatic rings. The Kier molecular flexibility index (Phi) is 22.4. The van der Waals surface area contributed by atoms with E-state index in [9.17, 15) is 0 Å². The molecule has 0 saturated carbocycles. The highest BCUT2D eigenvalue weighted by Crippen LogP contribution is 2.45. The fourth-order valence-corrected chi connectivity index (χ4v) is 21.0. The summed E-state index contributed by atoms with van der Waals surface area (Å²) >= 11 is 0. The smallest absolute Gasteiger partial charge is 0.115 e. The summed E-state index contributed by atoms with van der Waals surface area (Å²) in [6.07, 6.45) is 15.8. The van der Waals surface area contributed by atoms with Crippen LogP contribution in [0.25, 0.3) is 129 Å². The highest BCUT2D eigenvalue weighted by Gasteiger charge is 2.23. The van der Waals surface area contributed by atoms with Gasteiger partial charge in [0.2, 0.25) is 0 Å². The maximum atomic E-state index is 5.15. The molecule has 26 rings (SSSR count). The lowest BCUT2D eigenvalue weighted by atomic mass is 9.87. The van der Waals surface area contributed by atoms with Gasteiger partial charge in [0.25, 0.3) is 0 Å². The molecule has 640 valence electrons. The van der Waals surface area contributed by atoms with Crippen LogP contribution in [0.15, 0.2) is 291 Å². The van der Waals surface area contributed by atoms with Gasteiger partial charge in [0.15, 0.2) is 0 Å². The predicted molar refractivity (Wildman–Crippen MR) is 568 cm³/mol. The van der Waals surface area contributed by atoms with Gasteiger partial charge in [-0.05, 0) is 395 Å².